The number of nitrogens with one attached hydrogen (secondary N) is 1. The second kappa shape index (κ2) is 5.85. The van der Waals surface area contributed by atoms with Gasteiger partial charge in [0.25, 0.3) is 0 Å². The van der Waals surface area contributed by atoms with Gasteiger partial charge in [-0.1, -0.05) is 19.8 Å². The van der Waals surface area contributed by atoms with Crippen LogP contribution in [0.3, 0.4) is 0 Å². The normalized spacial score (nSPS) is 32.9. The zero-order chi connectivity index (χ0) is 12.3. The average Bonchev–Trinajstić information content (AvgIpc) is 2.37. The monoisotopic (exact) mass is 238 g/mol. The van der Waals surface area contributed by atoms with Crippen LogP contribution in [0.15, 0.2) is 0 Å². The van der Waals surface area contributed by atoms with Gasteiger partial charge >= 0.3 is 0 Å². The van der Waals surface area contributed by atoms with Crippen molar-refractivity contribution in [1.29, 1.82) is 0 Å². The predicted molar refractivity (Wildman–Crippen MR) is 69.8 cm³/mol. The number of hydrogen-bond donors (Lipinski definition) is 1. The van der Waals surface area contributed by atoms with E-state index in [2.05, 4.69) is 12.2 Å². The van der Waals surface area contributed by atoms with Crippen LogP contribution in [0.1, 0.15) is 51.9 Å². The van der Waals surface area contributed by atoms with Crippen molar-refractivity contribution in [2.45, 2.75) is 64.0 Å². The van der Waals surface area contributed by atoms with E-state index in [4.69, 9.17) is 0 Å². The first-order valence-electron chi connectivity index (χ1n) is 7.23. The first-order valence-corrected chi connectivity index (χ1v) is 7.23. The van der Waals surface area contributed by atoms with Crippen LogP contribution in [0.4, 0.5) is 0 Å². The first-order chi connectivity index (χ1) is 8.22. The Morgan fingerprint density at radius 1 is 1.24 bits per heavy atom. The lowest BCUT2D eigenvalue weighted by atomic mass is 9.77. The molecule has 2 aliphatic rings. The molecule has 0 aromatic rings. The molecule has 3 nitrogen and oxygen atoms in total. The molecule has 1 aliphatic carbocycles. The molecule has 0 bridgehead atoms. The Bertz CT molecular complexity index is 267. The van der Waals surface area contributed by atoms with Crippen LogP contribution in [0.25, 0.3) is 0 Å². The second-order valence-electron chi connectivity index (χ2n) is 5.71. The zero-order valence-corrected chi connectivity index (χ0v) is 11.2. The van der Waals surface area contributed by atoms with E-state index in [1.165, 1.54) is 32.1 Å². The summed E-state index contributed by atoms with van der Waals surface area (Å²) < 4.78 is 0. The molecule has 0 spiro atoms. The Morgan fingerprint density at radius 3 is 2.76 bits per heavy atom. The molecule has 17 heavy (non-hydrogen) atoms. The van der Waals surface area contributed by atoms with Crippen molar-refractivity contribution in [3.63, 3.8) is 0 Å². The minimum absolute atomic E-state index is 0.0888. The lowest BCUT2D eigenvalue weighted by Gasteiger charge is -2.40. The summed E-state index contributed by atoms with van der Waals surface area (Å²) >= 11 is 0. The molecule has 1 aliphatic heterocycles. The van der Waals surface area contributed by atoms with Gasteiger partial charge in [-0.25, -0.2) is 0 Å². The van der Waals surface area contributed by atoms with Gasteiger partial charge in [-0.3, -0.25) is 4.79 Å². The molecule has 2 fully saturated rings. The summed E-state index contributed by atoms with van der Waals surface area (Å²) in [4.78, 5) is 14.1. The molecule has 1 N–H and O–H groups in total. The van der Waals surface area contributed by atoms with E-state index in [1.807, 2.05) is 11.9 Å². The van der Waals surface area contributed by atoms with Crippen LogP contribution < -0.4 is 5.32 Å². The van der Waals surface area contributed by atoms with Crippen molar-refractivity contribution >= 4 is 5.91 Å². The summed E-state index contributed by atoms with van der Waals surface area (Å²) in [5.74, 6) is 1.14. The summed E-state index contributed by atoms with van der Waals surface area (Å²) in [7, 11) is 1.93. The highest BCUT2D eigenvalue weighted by Crippen LogP contribution is 2.32. The highest BCUT2D eigenvalue weighted by Gasteiger charge is 2.35. The fourth-order valence-electron chi connectivity index (χ4n) is 3.40. The number of amides is 1. The molecule has 1 amide bonds. The summed E-state index contributed by atoms with van der Waals surface area (Å²) in [6.07, 6.45) is 8.68. The summed E-state index contributed by atoms with van der Waals surface area (Å²) in [5, 5.41) is 3.60. The van der Waals surface area contributed by atoms with Crippen molar-refractivity contribution in [3.8, 4) is 0 Å². The molecule has 1 saturated heterocycles. The van der Waals surface area contributed by atoms with Gasteiger partial charge in [-0.05, 0) is 38.0 Å². The minimum Gasteiger partial charge on any atom is -0.344 e. The van der Waals surface area contributed by atoms with Crippen LogP contribution in [0.2, 0.25) is 0 Å². The number of piperidine rings is 1. The average molecular weight is 238 g/mol. The Kier molecular flexibility index (Phi) is 4.43. The lowest BCUT2D eigenvalue weighted by molar-refractivity contribution is -0.133. The van der Waals surface area contributed by atoms with Crippen molar-refractivity contribution in [2.24, 2.45) is 5.92 Å². The Labute approximate surface area is 105 Å². The Balaban J connectivity index is 1.88. The molecule has 0 aromatic carbocycles. The van der Waals surface area contributed by atoms with E-state index in [0.717, 1.165) is 25.3 Å². The van der Waals surface area contributed by atoms with Gasteiger partial charge < -0.3 is 10.2 Å². The summed E-state index contributed by atoms with van der Waals surface area (Å²) in [6, 6.07) is 0.701. The van der Waals surface area contributed by atoms with Crippen LogP contribution in [-0.2, 0) is 4.79 Å². The number of rotatable bonds is 3. The van der Waals surface area contributed by atoms with E-state index in [0.29, 0.717) is 11.9 Å². The standard InChI is InChI=1S/C14H26N2O/c1-3-10-16(2)14(17)13-9-8-11-6-4-5-7-12(11)15-13/h11-13,15H,3-10H2,1-2H3. The molecular formula is C14H26N2O. The summed E-state index contributed by atoms with van der Waals surface area (Å²) in [6.45, 7) is 3.00. The lowest BCUT2D eigenvalue weighted by Crippen LogP contribution is -2.55. The minimum atomic E-state index is 0.0888. The van der Waals surface area contributed by atoms with Crippen molar-refractivity contribution in [1.82, 2.24) is 10.2 Å². The topological polar surface area (TPSA) is 32.3 Å². The van der Waals surface area contributed by atoms with E-state index in [1.54, 1.807) is 0 Å². The van der Waals surface area contributed by atoms with E-state index >= 15 is 0 Å². The maximum Gasteiger partial charge on any atom is 0.239 e. The molecule has 1 heterocycles. The van der Waals surface area contributed by atoms with Gasteiger partial charge in [0, 0.05) is 19.6 Å². The third kappa shape index (κ3) is 3.01. The van der Waals surface area contributed by atoms with Crippen molar-refractivity contribution < 1.29 is 4.79 Å². The molecule has 0 radical (unpaired) electrons. The number of nitrogens with zero attached hydrogens (tertiary/aromatic N) is 1. The molecular weight excluding hydrogens is 212 g/mol. The van der Waals surface area contributed by atoms with E-state index in [9.17, 15) is 4.79 Å². The summed E-state index contributed by atoms with van der Waals surface area (Å²) in [5.41, 5.74) is 0. The molecule has 2 rings (SSSR count). The third-order valence-corrected chi connectivity index (χ3v) is 4.38. The molecule has 3 unspecified atom stereocenters. The largest absolute Gasteiger partial charge is 0.344 e. The molecule has 3 atom stereocenters. The number of carbonyl (C=O) groups excluding carboxylic acids is 1. The number of hydrogen-bond acceptors (Lipinski definition) is 2. The number of fused-ring (bicyclic) bond motifs is 1. The molecule has 1 saturated carbocycles. The highest BCUT2D eigenvalue weighted by molar-refractivity contribution is 5.81. The molecule has 98 valence electrons. The Morgan fingerprint density at radius 2 is 2.00 bits per heavy atom. The van der Waals surface area contributed by atoms with Crippen LogP contribution in [-0.4, -0.2) is 36.5 Å². The van der Waals surface area contributed by atoms with Gasteiger partial charge in [0.1, 0.15) is 0 Å². The maximum absolute atomic E-state index is 12.2. The van der Waals surface area contributed by atoms with Crippen LogP contribution in [0, 0.1) is 5.92 Å². The van der Waals surface area contributed by atoms with Crippen molar-refractivity contribution in [3.05, 3.63) is 0 Å². The fourth-order valence-corrected chi connectivity index (χ4v) is 3.40. The van der Waals surface area contributed by atoms with Gasteiger partial charge in [0.2, 0.25) is 5.91 Å². The Hall–Kier alpha value is -0.570. The van der Waals surface area contributed by atoms with Crippen molar-refractivity contribution in [2.75, 3.05) is 13.6 Å². The van der Waals surface area contributed by atoms with Gasteiger partial charge in [0.15, 0.2) is 0 Å². The molecule has 3 heteroatoms. The first kappa shape index (κ1) is 12.9. The second-order valence-corrected chi connectivity index (χ2v) is 5.71. The van der Waals surface area contributed by atoms with E-state index in [-0.39, 0.29) is 6.04 Å². The third-order valence-electron chi connectivity index (χ3n) is 4.38. The SMILES string of the molecule is CCCN(C)C(=O)C1CCC2CCCCC2N1. The highest BCUT2D eigenvalue weighted by atomic mass is 16.2. The van der Waals surface area contributed by atoms with Crippen LogP contribution >= 0.6 is 0 Å². The number of likely N-dealkylation sites (N-methyl/N-ethyl adjacent to an activating group) is 1. The van der Waals surface area contributed by atoms with E-state index < -0.39 is 0 Å². The molecule has 0 aromatic heterocycles. The smallest absolute Gasteiger partial charge is 0.239 e. The number of carbonyl (C=O) groups is 1. The fraction of sp³-hybridized carbons (Fsp3) is 0.929. The maximum atomic E-state index is 12.2. The quantitative estimate of drug-likeness (QED) is 0.817. The zero-order valence-electron chi connectivity index (χ0n) is 11.2. The predicted octanol–water partition coefficient (Wildman–Crippen LogP) is 2.17. The van der Waals surface area contributed by atoms with Crippen LogP contribution in [0.5, 0.6) is 0 Å². The van der Waals surface area contributed by atoms with Gasteiger partial charge in [0.05, 0.1) is 6.04 Å². The van der Waals surface area contributed by atoms with Gasteiger partial charge in [-0.15, -0.1) is 0 Å². The van der Waals surface area contributed by atoms with Gasteiger partial charge in [-0.2, -0.15) is 0 Å².